The van der Waals surface area contributed by atoms with Gasteiger partial charge in [-0.05, 0) is 78.9 Å². The van der Waals surface area contributed by atoms with Crippen LogP contribution in [0.25, 0.3) is 0 Å². The predicted octanol–water partition coefficient (Wildman–Crippen LogP) is 6.69. The van der Waals surface area contributed by atoms with E-state index in [1.165, 1.54) is 12.1 Å². The standard InChI is InChI=1S/C27H25BrClFN2O/c1-27(2,33)25(20-11-22(28)13-24(30)12-20)21-15-32(16-21)26(18-6-8-23(29)9-7-18)19-5-3-4-17(10-19)14-31/h3-13,21,25-26,33H,15-16H2,1-2H3/t25-,26?/m1/s1. The van der Waals surface area contributed by atoms with Gasteiger partial charge in [-0.3, -0.25) is 4.90 Å². The lowest BCUT2D eigenvalue weighted by Gasteiger charge is -2.50. The first-order chi connectivity index (χ1) is 15.7. The van der Waals surface area contributed by atoms with Gasteiger partial charge in [-0.2, -0.15) is 5.26 Å². The van der Waals surface area contributed by atoms with Gasteiger partial charge in [-0.25, -0.2) is 4.39 Å². The lowest BCUT2D eigenvalue weighted by atomic mass is 9.71. The highest BCUT2D eigenvalue weighted by atomic mass is 79.9. The number of rotatable bonds is 6. The number of halogens is 3. The molecule has 3 nitrogen and oxygen atoms in total. The molecule has 1 saturated heterocycles. The van der Waals surface area contributed by atoms with Gasteiger partial charge in [0.25, 0.3) is 0 Å². The number of hydrogen-bond donors (Lipinski definition) is 1. The summed E-state index contributed by atoms with van der Waals surface area (Å²) in [5, 5.41) is 21.1. The van der Waals surface area contributed by atoms with Crippen LogP contribution in [0.5, 0.6) is 0 Å². The van der Waals surface area contributed by atoms with Crippen LogP contribution >= 0.6 is 27.5 Å². The SMILES string of the molecule is CC(C)(O)[C@H](c1cc(F)cc(Br)c1)C1CN(C(c2ccc(Cl)cc2)c2cccc(C#N)c2)C1. The maximum atomic E-state index is 14.2. The van der Waals surface area contributed by atoms with E-state index in [1.54, 1.807) is 19.9 Å². The average Bonchev–Trinajstić information content (AvgIpc) is 2.72. The summed E-state index contributed by atoms with van der Waals surface area (Å²) in [6, 6.07) is 22.4. The van der Waals surface area contributed by atoms with Crippen molar-refractivity contribution in [2.24, 2.45) is 5.92 Å². The minimum absolute atomic E-state index is 0.0477. The molecule has 1 fully saturated rings. The number of aliphatic hydroxyl groups is 1. The Bertz CT molecular complexity index is 1160. The molecule has 0 saturated carbocycles. The van der Waals surface area contributed by atoms with Crippen molar-refractivity contribution in [1.82, 2.24) is 4.90 Å². The van der Waals surface area contributed by atoms with Crippen molar-refractivity contribution >= 4 is 27.5 Å². The van der Waals surface area contributed by atoms with E-state index in [9.17, 15) is 14.8 Å². The number of nitrogens with zero attached hydrogens (tertiary/aromatic N) is 2. The molecule has 1 unspecified atom stereocenters. The number of nitriles is 1. The molecule has 3 aromatic rings. The van der Waals surface area contributed by atoms with Crippen LogP contribution in [0, 0.1) is 23.1 Å². The van der Waals surface area contributed by atoms with Crippen LogP contribution in [-0.2, 0) is 0 Å². The zero-order valence-corrected chi connectivity index (χ0v) is 20.8. The first kappa shape index (κ1) is 23.9. The Morgan fingerprint density at radius 1 is 1.06 bits per heavy atom. The molecule has 170 valence electrons. The van der Waals surface area contributed by atoms with E-state index in [4.69, 9.17) is 11.6 Å². The van der Waals surface area contributed by atoms with Crippen LogP contribution in [-0.4, -0.2) is 28.7 Å². The topological polar surface area (TPSA) is 47.3 Å². The van der Waals surface area contributed by atoms with Crippen molar-refractivity contribution in [2.75, 3.05) is 13.1 Å². The average molecular weight is 528 g/mol. The van der Waals surface area contributed by atoms with Crippen LogP contribution in [0.2, 0.25) is 5.02 Å². The molecule has 1 aliphatic rings. The molecule has 1 N–H and O–H groups in total. The lowest BCUT2D eigenvalue weighted by Crippen LogP contribution is -2.54. The molecule has 33 heavy (non-hydrogen) atoms. The largest absolute Gasteiger partial charge is 0.390 e. The first-order valence-electron chi connectivity index (χ1n) is 10.8. The molecule has 0 aliphatic carbocycles. The predicted molar refractivity (Wildman–Crippen MR) is 133 cm³/mol. The molecule has 0 aromatic heterocycles. The normalized spacial score (nSPS) is 16.6. The van der Waals surface area contributed by atoms with Crippen LogP contribution in [0.1, 0.15) is 48.1 Å². The minimum atomic E-state index is -1.01. The second-order valence-corrected chi connectivity index (χ2v) is 10.6. The van der Waals surface area contributed by atoms with Crippen LogP contribution < -0.4 is 0 Å². The molecule has 0 spiro atoms. The van der Waals surface area contributed by atoms with Gasteiger partial charge in [0.2, 0.25) is 0 Å². The molecule has 1 aliphatic heterocycles. The van der Waals surface area contributed by atoms with E-state index in [2.05, 4.69) is 26.9 Å². The molecule has 0 bridgehead atoms. The summed E-state index contributed by atoms with van der Waals surface area (Å²) in [7, 11) is 0. The number of benzene rings is 3. The van der Waals surface area contributed by atoms with E-state index in [1.807, 2.05) is 48.5 Å². The van der Waals surface area contributed by atoms with Crippen molar-refractivity contribution in [1.29, 1.82) is 5.26 Å². The van der Waals surface area contributed by atoms with Gasteiger partial charge < -0.3 is 5.11 Å². The first-order valence-corrected chi connectivity index (χ1v) is 12.0. The molecule has 2 atom stereocenters. The van der Waals surface area contributed by atoms with Gasteiger partial charge in [0, 0.05) is 28.5 Å². The van der Waals surface area contributed by atoms with E-state index in [-0.39, 0.29) is 23.7 Å². The summed E-state index contributed by atoms with van der Waals surface area (Å²) >= 11 is 9.51. The van der Waals surface area contributed by atoms with Gasteiger partial charge in [-0.15, -0.1) is 0 Å². The van der Waals surface area contributed by atoms with Crippen LogP contribution in [0.4, 0.5) is 4.39 Å². The summed E-state index contributed by atoms with van der Waals surface area (Å²) in [4.78, 5) is 2.33. The van der Waals surface area contributed by atoms with Gasteiger partial charge in [-0.1, -0.05) is 51.8 Å². The van der Waals surface area contributed by atoms with E-state index >= 15 is 0 Å². The third kappa shape index (κ3) is 5.31. The zero-order valence-electron chi connectivity index (χ0n) is 18.5. The molecular formula is C27H25BrClFN2O. The summed E-state index contributed by atoms with van der Waals surface area (Å²) in [5.74, 6) is -0.401. The van der Waals surface area contributed by atoms with Crippen LogP contribution in [0.3, 0.4) is 0 Å². The second kappa shape index (κ2) is 9.56. The van der Waals surface area contributed by atoms with Crippen molar-refractivity contribution in [3.05, 3.63) is 104 Å². The molecule has 0 radical (unpaired) electrons. The Balaban J connectivity index is 1.65. The van der Waals surface area contributed by atoms with Crippen molar-refractivity contribution in [3.8, 4) is 6.07 Å². The molecular weight excluding hydrogens is 503 g/mol. The maximum absolute atomic E-state index is 14.2. The highest BCUT2D eigenvalue weighted by Gasteiger charge is 2.44. The van der Waals surface area contributed by atoms with Crippen molar-refractivity contribution in [3.63, 3.8) is 0 Å². The highest BCUT2D eigenvalue weighted by molar-refractivity contribution is 9.10. The van der Waals surface area contributed by atoms with Crippen LogP contribution in [0.15, 0.2) is 71.2 Å². The molecule has 3 aromatic carbocycles. The number of hydrogen-bond acceptors (Lipinski definition) is 3. The van der Waals surface area contributed by atoms with Gasteiger partial charge in [0.1, 0.15) is 5.82 Å². The fraction of sp³-hybridized carbons (Fsp3) is 0.296. The van der Waals surface area contributed by atoms with Gasteiger partial charge in [0.05, 0.1) is 23.3 Å². The fourth-order valence-electron chi connectivity index (χ4n) is 5.02. The Hall–Kier alpha value is -2.23. The Morgan fingerprint density at radius 3 is 2.36 bits per heavy atom. The van der Waals surface area contributed by atoms with Gasteiger partial charge >= 0.3 is 0 Å². The summed E-state index contributed by atoms with van der Waals surface area (Å²) < 4.78 is 14.8. The second-order valence-electron chi connectivity index (χ2n) is 9.24. The van der Waals surface area contributed by atoms with E-state index in [0.717, 1.165) is 29.8 Å². The monoisotopic (exact) mass is 526 g/mol. The molecule has 4 rings (SSSR count). The lowest BCUT2D eigenvalue weighted by molar-refractivity contribution is -0.0309. The highest BCUT2D eigenvalue weighted by Crippen LogP contribution is 2.44. The molecule has 1 heterocycles. The quantitative estimate of drug-likeness (QED) is 0.388. The molecule has 0 amide bonds. The Labute approximate surface area is 207 Å². The fourth-order valence-corrected chi connectivity index (χ4v) is 5.63. The molecule has 6 heteroatoms. The third-order valence-electron chi connectivity index (χ3n) is 6.30. The Morgan fingerprint density at radius 2 is 1.76 bits per heavy atom. The minimum Gasteiger partial charge on any atom is -0.390 e. The third-order valence-corrected chi connectivity index (χ3v) is 7.01. The summed E-state index contributed by atoms with van der Waals surface area (Å²) in [5.41, 5.74) is 2.50. The Kier molecular flexibility index (Phi) is 6.93. The van der Waals surface area contributed by atoms with E-state index in [0.29, 0.717) is 15.1 Å². The summed E-state index contributed by atoms with van der Waals surface area (Å²) in [6.07, 6.45) is 0. The number of likely N-dealkylation sites (tertiary alicyclic amines) is 1. The maximum Gasteiger partial charge on any atom is 0.124 e. The smallest absolute Gasteiger partial charge is 0.124 e. The van der Waals surface area contributed by atoms with Crippen molar-refractivity contribution < 1.29 is 9.50 Å². The summed E-state index contributed by atoms with van der Waals surface area (Å²) in [6.45, 7) is 5.03. The van der Waals surface area contributed by atoms with Gasteiger partial charge in [0.15, 0.2) is 0 Å². The van der Waals surface area contributed by atoms with Crippen molar-refractivity contribution in [2.45, 2.75) is 31.4 Å². The van der Waals surface area contributed by atoms with E-state index < -0.39 is 5.60 Å². The zero-order chi connectivity index (χ0) is 23.8.